The van der Waals surface area contributed by atoms with E-state index in [9.17, 15) is 4.79 Å². The lowest BCUT2D eigenvalue weighted by Crippen LogP contribution is -2.23. The van der Waals surface area contributed by atoms with Crippen molar-refractivity contribution in [2.75, 3.05) is 34.5 Å². The normalized spacial score (nSPS) is 12.3. The van der Waals surface area contributed by atoms with Crippen molar-refractivity contribution in [2.24, 2.45) is 0 Å². The van der Waals surface area contributed by atoms with E-state index >= 15 is 0 Å². The highest BCUT2D eigenvalue weighted by Crippen LogP contribution is 2.35. The molecule has 2 aromatic rings. The molecule has 0 bridgehead atoms. The van der Waals surface area contributed by atoms with Gasteiger partial charge in [0.05, 0.1) is 21.3 Å². The lowest BCUT2D eigenvalue weighted by molar-refractivity contribution is 0.0949. The number of ether oxygens (including phenoxy) is 5. The Balaban J connectivity index is 1.75. The molecule has 0 atom stereocenters. The van der Waals surface area contributed by atoms with Gasteiger partial charge in [0.1, 0.15) is 19.0 Å². The number of benzene rings is 2. The Kier molecular flexibility index (Phi) is 5.36. The van der Waals surface area contributed by atoms with Crippen molar-refractivity contribution in [3.8, 4) is 28.7 Å². The number of carbonyl (C=O) groups excluding carboxylic acids is 1. The van der Waals surface area contributed by atoms with Gasteiger partial charge < -0.3 is 29.0 Å². The minimum atomic E-state index is -0.223. The van der Waals surface area contributed by atoms with Crippen LogP contribution in [-0.2, 0) is 6.54 Å². The van der Waals surface area contributed by atoms with Gasteiger partial charge in [-0.05, 0) is 24.3 Å². The molecule has 26 heavy (non-hydrogen) atoms. The molecule has 0 aromatic heterocycles. The van der Waals surface area contributed by atoms with Crippen LogP contribution in [0, 0.1) is 0 Å². The van der Waals surface area contributed by atoms with E-state index in [-0.39, 0.29) is 12.5 Å². The third-order valence-electron chi connectivity index (χ3n) is 4.03. The molecule has 1 amide bonds. The zero-order chi connectivity index (χ0) is 18.5. The van der Waals surface area contributed by atoms with Crippen molar-refractivity contribution in [1.29, 1.82) is 0 Å². The SMILES string of the molecule is COc1cc(OC)c(OC)cc1CNC(=O)c1ccc2c(c1)OCCO2. The van der Waals surface area contributed by atoms with E-state index in [0.717, 1.165) is 5.56 Å². The number of carbonyl (C=O) groups is 1. The molecule has 1 aliphatic heterocycles. The van der Waals surface area contributed by atoms with Crippen LogP contribution < -0.4 is 29.0 Å². The van der Waals surface area contributed by atoms with E-state index < -0.39 is 0 Å². The molecule has 7 nitrogen and oxygen atoms in total. The van der Waals surface area contributed by atoms with Crippen molar-refractivity contribution in [3.63, 3.8) is 0 Å². The van der Waals surface area contributed by atoms with E-state index in [1.807, 2.05) is 0 Å². The molecule has 0 saturated heterocycles. The van der Waals surface area contributed by atoms with Gasteiger partial charge in [-0.15, -0.1) is 0 Å². The summed E-state index contributed by atoms with van der Waals surface area (Å²) in [5.41, 5.74) is 1.27. The second kappa shape index (κ2) is 7.86. The fourth-order valence-corrected chi connectivity index (χ4v) is 2.69. The van der Waals surface area contributed by atoms with Gasteiger partial charge in [0, 0.05) is 23.7 Å². The Morgan fingerprint density at radius 1 is 0.923 bits per heavy atom. The van der Waals surface area contributed by atoms with Gasteiger partial charge in [-0.2, -0.15) is 0 Å². The first-order chi connectivity index (χ1) is 12.7. The highest BCUT2D eigenvalue weighted by Gasteiger charge is 2.16. The summed E-state index contributed by atoms with van der Waals surface area (Å²) in [6, 6.07) is 8.62. The zero-order valence-electron chi connectivity index (χ0n) is 15.0. The predicted octanol–water partition coefficient (Wildman–Crippen LogP) is 2.41. The Bertz CT molecular complexity index is 805. The largest absolute Gasteiger partial charge is 0.496 e. The van der Waals surface area contributed by atoms with E-state index in [1.54, 1.807) is 51.7 Å². The summed E-state index contributed by atoms with van der Waals surface area (Å²) in [6.07, 6.45) is 0. The number of hydrogen-bond acceptors (Lipinski definition) is 6. The fourth-order valence-electron chi connectivity index (χ4n) is 2.69. The Hall–Kier alpha value is -3.09. The average Bonchev–Trinajstić information content (AvgIpc) is 2.70. The van der Waals surface area contributed by atoms with E-state index in [1.165, 1.54) is 0 Å². The van der Waals surface area contributed by atoms with Crippen molar-refractivity contribution < 1.29 is 28.5 Å². The molecule has 7 heteroatoms. The number of fused-ring (bicyclic) bond motifs is 1. The molecule has 138 valence electrons. The van der Waals surface area contributed by atoms with Crippen molar-refractivity contribution in [1.82, 2.24) is 5.32 Å². The zero-order valence-corrected chi connectivity index (χ0v) is 15.0. The van der Waals surface area contributed by atoms with Crippen LogP contribution in [0.1, 0.15) is 15.9 Å². The highest BCUT2D eigenvalue weighted by atomic mass is 16.6. The lowest BCUT2D eigenvalue weighted by Gasteiger charge is -2.19. The highest BCUT2D eigenvalue weighted by molar-refractivity contribution is 5.94. The number of rotatable bonds is 6. The molecule has 0 fully saturated rings. The first kappa shape index (κ1) is 17.7. The number of hydrogen-bond donors (Lipinski definition) is 1. The molecule has 1 heterocycles. The summed E-state index contributed by atoms with van der Waals surface area (Å²) < 4.78 is 26.9. The van der Waals surface area contributed by atoms with E-state index in [4.69, 9.17) is 23.7 Å². The molecule has 1 aliphatic rings. The molecule has 0 spiro atoms. The summed E-state index contributed by atoms with van der Waals surface area (Å²) in [7, 11) is 4.68. The van der Waals surface area contributed by atoms with Gasteiger partial charge in [0.25, 0.3) is 5.91 Å². The minimum absolute atomic E-state index is 0.223. The number of methoxy groups -OCH3 is 3. The van der Waals surface area contributed by atoms with Gasteiger partial charge in [0.2, 0.25) is 0 Å². The van der Waals surface area contributed by atoms with E-state index in [0.29, 0.717) is 47.5 Å². The fraction of sp³-hybridized carbons (Fsp3) is 0.316. The molecular weight excluding hydrogens is 338 g/mol. The maximum atomic E-state index is 12.5. The second-order valence-electron chi connectivity index (χ2n) is 5.56. The van der Waals surface area contributed by atoms with Crippen LogP contribution in [0.5, 0.6) is 28.7 Å². The van der Waals surface area contributed by atoms with Crippen LogP contribution in [0.3, 0.4) is 0 Å². The summed E-state index contributed by atoms with van der Waals surface area (Å²) in [4.78, 5) is 12.5. The van der Waals surface area contributed by atoms with Crippen LogP contribution in [-0.4, -0.2) is 40.5 Å². The first-order valence-corrected chi connectivity index (χ1v) is 8.13. The third kappa shape index (κ3) is 3.61. The molecule has 0 aliphatic carbocycles. The Morgan fingerprint density at radius 3 is 2.27 bits per heavy atom. The molecule has 0 unspecified atom stereocenters. The van der Waals surface area contributed by atoms with Crippen LogP contribution >= 0.6 is 0 Å². The van der Waals surface area contributed by atoms with Crippen molar-refractivity contribution >= 4 is 5.91 Å². The predicted molar refractivity (Wildman–Crippen MR) is 94.7 cm³/mol. The lowest BCUT2D eigenvalue weighted by atomic mass is 10.1. The molecule has 1 N–H and O–H groups in total. The molecule has 0 radical (unpaired) electrons. The van der Waals surface area contributed by atoms with Crippen molar-refractivity contribution in [2.45, 2.75) is 6.54 Å². The van der Waals surface area contributed by atoms with Crippen LogP contribution in [0.2, 0.25) is 0 Å². The molecular formula is C19H21NO6. The van der Waals surface area contributed by atoms with Gasteiger partial charge in [-0.25, -0.2) is 0 Å². The maximum absolute atomic E-state index is 12.5. The Labute approximate surface area is 151 Å². The second-order valence-corrected chi connectivity index (χ2v) is 5.56. The monoisotopic (exact) mass is 359 g/mol. The van der Waals surface area contributed by atoms with Crippen LogP contribution in [0.15, 0.2) is 30.3 Å². The third-order valence-corrected chi connectivity index (χ3v) is 4.03. The van der Waals surface area contributed by atoms with Gasteiger partial charge in [-0.1, -0.05) is 0 Å². The quantitative estimate of drug-likeness (QED) is 0.854. The van der Waals surface area contributed by atoms with Crippen molar-refractivity contribution in [3.05, 3.63) is 41.5 Å². The van der Waals surface area contributed by atoms with Gasteiger partial charge >= 0.3 is 0 Å². The van der Waals surface area contributed by atoms with Crippen LogP contribution in [0.4, 0.5) is 0 Å². The van der Waals surface area contributed by atoms with Crippen LogP contribution in [0.25, 0.3) is 0 Å². The standard InChI is InChI=1S/C19H21NO6/c1-22-15-10-17(24-3)16(23-2)9-13(15)11-20-19(21)12-4-5-14-18(8-12)26-7-6-25-14/h4-5,8-10H,6-7,11H2,1-3H3,(H,20,21). The smallest absolute Gasteiger partial charge is 0.251 e. The van der Waals surface area contributed by atoms with Gasteiger partial charge in [0.15, 0.2) is 23.0 Å². The summed E-state index contributed by atoms with van der Waals surface area (Å²) in [5.74, 6) is 2.73. The minimum Gasteiger partial charge on any atom is -0.496 e. The summed E-state index contributed by atoms with van der Waals surface area (Å²) in [5, 5.41) is 2.87. The summed E-state index contributed by atoms with van der Waals surface area (Å²) in [6.45, 7) is 1.26. The first-order valence-electron chi connectivity index (χ1n) is 8.13. The molecule has 3 rings (SSSR count). The Morgan fingerprint density at radius 2 is 1.58 bits per heavy atom. The van der Waals surface area contributed by atoms with E-state index in [2.05, 4.69) is 5.32 Å². The number of nitrogens with one attached hydrogen (secondary N) is 1. The molecule has 2 aromatic carbocycles. The number of amides is 1. The average molecular weight is 359 g/mol. The maximum Gasteiger partial charge on any atom is 0.251 e. The molecule has 0 saturated carbocycles. The van der Waals surface area contributed by atoms with Gasteiger partial charge in [-0.3, -0.25) is 4.79 Å². The summed E-state index contributed by atoms with van der Waals surface area (Å²) >= 11 is 0. The topological polar surface area (TPSA) is 75.2 Å².